The lowest BCUT2D eigenvalue weighted by atomic mass is 9.98. The van der Waals surface area contributed by atoms with E-state index in [1.807, 2.05) is 48.5 Å². The SMILES string of the molecule is CCCCc1nc2c(N)nc3ccccc3c2n1Cc1ccc(CNC[C@H](O)[C@@H](O)C(O[C@H]2O[C@H](CO)[C@@H](O)[C@H](O)[C@H]2O)[C@H](O)CO)cc1. The van der Waals surface area contributed by atoms with Gasteiger partial charge in [0.1, 0.15) is 54.1 Å². The first-order chi connectivity index (χ1) is 23.6. The molecule has 49 heavy (non-hydrogen) atoms. The number of pyridine rings is 1. The number of hydrogen-bond donors (Lipinski definition) is 10. The number of aliphatic hydroxyl groups is 8. The van der Waals surface area contributed by atoms with Crippen LogP contribution in [0.4, 0.5) is 5.82 Å². The van der Waals surface area contributed by atoms with Crippen molar-refractivity contribution in [3.05, 3.63) is 65.5 Å². The Morgan fingerprint density at radius 1 is 0.939 bits per heavy atom. The first-order valence-electron chi connectivity index (χ1n) is 16.5. The fraction of sp³-hybridized carbons (Fsp3) is 0.529. The number of imidazole rings is 1. The lowest BCUT2D eigenvalue weighted by molar-refractivity contribution is -0.327. The Hall–Kier alpha value is -3.32. The summed E-state index contributed by atoms with van der Waals surface area (Å²) in [6, 6.07) is 15.8. The van der Waals surface area contributed by atoms with E-state index in [-0.39, 0.29) is 6.54 Å². The molecule has 11 N–H and O–H groups in total. The zero-order valence-electron chi connectivity index (χ0n) is 27.3. The zero-order chi connectivity index (χ0) is 35.2. The van der Waals surface area contributed by atoms with Gasteiger partial charge >= 0.3 is 0 Å². The van der Waals surface area contributed by atoms with Crippen LogP contribution in [0.25, 0.3) is 21.9 Å². The summed E-state index contributed by atoms with van der Waals surface area (Å²) in [5, 5.41) is 85.2. The highest BCUT2D eigenvalue weighted by molar-refractivity contribution is 6.06. The van der Waals surface area contributed by atoms with Crippen molar-refractivity contribution in [2.45, 2.75) is 94.4 Å². The minimum atomic E-state index is -1.80. The molecule has 2 aromatic carbocycles. The van der Waals surface area contributed by atoms with E-state index in [1.165, 1.54) is 0 Å². The molecule has 9 atom stereocenters. The van der Waals surface area contributed by atoms with Crippen molar-refractivity contribution < 1.29 is 50.3 Å². The summed E-state index contributed by atoms with van der Waals surface area (Å²) < 4.78 is 13.0. The van der Waals surface area contributed by atoms with Crippen molar-refractivity contribution >= 4 is 27.8 Å². The number of anilines is 1. The smallest absolute Gasteiger partial charge is 0.187 e. The summed E-state index contributed by atoms with van der Waals surface area (Å²) in [5.41, 5.74) is 10.7. The van der Waals surface area contributed by atoms with Gasteiger partial charge in [-0.2, -0.15) is 0 Å². The molecule has 15 heteroatoms. The molecule has 1 aliphatic heterocycles. The number of ether oxygens (including phenoxy) is 2. The van der Waals surface area contributed by atoms with Crippen LogP contribution >= 0.6 is 0 Å². The molecule has 1 unspecified atom stereocenters. The molecule has 5 rings (SSSR count). The summed E-state index contributed by atoms with van der Waals surface area (Å²) >= 11 is 0. The number of unbranched alkanes of at least 4 members (excludes halogenated alkanes) is 1. The van der Waals surface area contributed by atoms with Crippen LogP contribution in [0.5, 0.6) is 0 Å². The molecule has 0 saturated carbocycles. The number of aromatic nitrogens is 3. The van der Waals surface area contributed by atoms with Crippen molar-refractivity contribution in [1.82, 2.24) is 19.9 Å². The van der Waals surface area contributed by atoms with Crippen molar-refractivity contribution in [1.29, 1.82) is 0 Å². The number of para-hydroxylation sites is 1. The number of rotatable bonds is 16. The third kappa shape index (κ3) is 8.19. The second-order valence-corrected chi connectivity index (χ2v) is 12.5. The van der Waals surface area contributed by atoms with E-state index in [0.29, 0.717) is 24.4 Å². The molecule has 0 radical (unpaired) electrons. The average Bonchev–Trinajstić information content (AvgIpc) is 3.48. The first-order valence-corrected chi connectivity index (χ1v) is 16.5. The lowest BCUT2D eigenvalue weighted by Crippen LogP contribution is -2.61. The summed E-state index contributed by atoms with van der Waals surface area (Å²) in [6.45, 7) is 1.33. The highest BCUT2D eigenvalue weighted by atomic mass is 16.7. The quantitative estimate of drug-likeness (QED) is 0.0673. The Morgan fingerprint density at radius 3 is 2.35 bits per heavy atom. The van der Waals surface area contributed by atoms with Crippen LogP contribution in [0, 0.1) is 0 Å². The van der Waals surface area contributed by atoms with Crippen LogP contribution in [0.1, 0.15) is 36.7 Å². The summed E-state index contributed by atoms with van der Waals surface area (Å²) in [7, 11) is 0. The molecule has 0 aliphatic carbocycles. The third-order valence-corrected chi connectivity index (χ3v) is 8.93. The van der Waals surface area contributed by atoms with Crippen molar-refractivity contribution in [3.8, 4) is 0 Å². The number of nitrogens with two attached hydrogens (primary N) is 1. The molecule has 4 aromatic rings. The van der Waals surface area contributed by atoms with E-state index in [1.54, 1.807) is 0 Å². The Balaban J connectivity index is 1.23. The molecule has 0 amide bonds. The van der Waals surface area contributed by atoms with Gasteiger partial charge in [-0.25, -0.2) is 9.97 Å². The minimum Gasteiger partial charge on any atom is -0.394 e. The highest BCUT2D eigenvalue weighted by Gasteiger charge is 2.46. The van der Waals surface area contributed by atoms with Gasteiger partial charge in [-0.3, -0.25) is 0 Å². The maximum absolute atomic E-state index is 10.8. The molecule has 15 nitrogen and oxygen atoms in total. The van der Waals surface area contributed by atoms with Gasteiger partial charge in [-0.15, -0.1) is 0 Å². The Labute approximate surface area is 283 Å². The number of fused-ring (bicyclic) bond motifs is 3. The van der Waals surface area contributed by atoms with Crippen molar-refractivity contribution in [3.63, 3.8) is 0 Å². The molecular weight excluding hydrogens is 638 g/mol. The monoisotopic (exact) mass is 685 g/mol. The van der Waals surface area contributed by atoms with Crippen LogP contribution in [0.3, 0.4) is 0 Å². The molecule has 1 saturated heterocycles. The van der Waals surface area contributed by atoms with E-state index < -0.39 is 68.3 Å². The van der Waals surface area contributed by atoms with Gasteiger partial charge in [-0.05, 0) is 23.6 Å². The first kappa shape index (κ1) is 36.9. The van der Waals surface area contributed by atoms with E-state index in [9.17, 15) is 40.9 Å². The molecule has 0 bridgehead atoms. The summed E-state index contributed by atoms with van der Waals surface area (Å²) in [5.74, 6) is 1.34. The fourth-order valence-electron chi connectivity index (χ4n) is 6.09. The number of nitrogen functional groups attached to an aromatic ring is 1. The predicted molar refractivity (Wildman–Crippen MR) is 179 cm³/mol. The van der Waals surface area contributed by atoms with Gasteiger partial charge in [0.15, 0.2) is 12.1 Å². The standard InChI is InChI=1S/C34H47N5O10/c1-2-3-8-25-38-26-27(20-6-4-5-7-21(20)37-33(26)35)39(25)15-19-11-9-18(10-12-19)13-36-14-22(42)28(44)32(23(43)16-40)49-34-31(47)30(46)29(45)24(17-41)48-34/h4-7,9-12,22-24,28-32,34,36,40-47H,2-3,8,13-17H2,1H3,(H2,35,37)/t22-,23+,24+,28+,29+,30-,31+,32?,34+/m0/s1. The number of nitrogens with zero attached hydrogens (tertiary/aromatic N) is 3. The van der Waals surface area contributed by atoms with Crippen LogP contribution in [-0.4, -0.2) is 130 Å². The number of nitrogens with one attached hydrogen (secondary N) is 1. The maximum atomic E-state index is 10.8. The number of benzene rings is 2. The van der Waals surface area contributed by atoms with Gasteiger partial charge in [0.05, 0.1) is 30.4 Å². The number of aliphatic hydroxyl groups excluding tert-OH is 8. The summed E-state index contributed by atoms with van der Waals surface area (Å²) in [4.78, 5) is 9.46. The zero-order valence-corrected chi connectivity index (χ0v) is 27.3. The molecule has 0 spiro atoms. The fourth-order valence-corrected chi connectivity index (χ4v) is 6.09. The van der Waals surface area contributed by atoms with Crippen LogP contribution in [0.2, 0.25) is 0 Å². The molecule has 2 aromatic heterocycles. The second kappa shape index (κ2) is 16.6. The lowest BCUT2D eigenvalue weighted by Gasteiger charge is -2.42. The summed E-state index contributed by atoms with van der Waals surface area (Å²) in [6.07, 6.45) is -12.0. The van der Waals surface area contributed by atoms with E-state index in [0.717, 1.165) is 52.6 Å². The Kier molecular flexibility index (Phi) is 12.5. The molecule has 1 aliphatic rings. The Morgan fingerprint density at radius 2 is 1.65 bits per heavy atom. The van der Waals surface area contributed by atoms with Crippen molar-refractivity contribution in [2.75, 3.05) is 25.5 Å². The van der Waals surface area contributed by atoms with Crippen LogP contribution in [-0.2, 0) is 29.0 Å². The normalized spacial score (nSPS) is 23.9. The largest absolute Gasteiger partial charge is 0.394 e. The van der Waals surface area contributed by atoms with E-state index in [2.05, 4.69) is 21.8 Å². The highest BCUT2D eigenvalue weighted by Crippen LogP contribution is 2.30. The molecule has 268 valence electrons. The average molecular weight is 686 g/mol. The molecule has 1 fully saturated rings. The predicted octanol–water partition coefficient (Wildman–Crippen LogP) is -1.09. The number of hydrogen-bond acceptors (Lipinski definition) is 14. The van der Waals surface area contributed by atoms with Gasteiger partial charge in [0.2, 0.25) is 0 Å². The van der Waals surface area contributed by atoms with Crippen LogP contribution in [0.15, 0.2) is 48.5 Å². The molecular formula is C34H47N5O10. The van der Waals surface area contributed by atoms with Crippen LogP contribution < -0.4 is 11.1 Å². The number of aryl methyl sites for hydroxylation is 1. The minimum absolute atomic E-state index is 0.139. The maximum Gasteiger partial charge on any atom is 0.187 e. The van der Waals surface area contributed by atoms with Gasteiger partial charge < -0.3 is 65.9 Å². The van der Waals surface area contributed by atoms with Gasteiger partial charge in [0, 0.05) is 31.4 Å². The van der Waals surface area contributed by atoms with E-state index in [4.69, 9.17) is 20.2 Å². The Bertz CT molecular complexity index is 1650. The van der Waals surface area contributed by atoms with Crippen molar-refractivity contribution in [2.24, 2.45) is 0 Å². The second-order valence-electron chi connectivity index (χ2n) is 12.5. The molecule has 3 heterocycles. The third-order valence-electron chi connectivity index (χ3n) is 8.93. The topological polar surface area (TPSA) is 249 Å². The van der Waals surface area contributed by atoms with Gasteiger partial charge in [0.25, 0.3) is 0 Å². The van der Waals surface area contributed by atoms with E-state index >= 15 is 0 Å². The van der Waals surface area contributed by atoms with Gasteiger partial charge in [-0.1, -0.05) is 55.8 Å².